The summed E-state index contributed by atoms with van der Waals surface area (Å²) in [6.45, 7) is 0. The van der Waals surface area contributed by atoms with Gasteiger partial charge in [-0.2, -0.15) is 0 Å². The summed E-state index contributed by atoms with van der Waals surface area (Å²) in [5.74, 6) is -0.284. The Bertz CT molecular complexity index is 600. The van der Waals surface area contributed by atoms with Crippen LogP contribution in [0.25, 0.3) is 0 Å². The van der Waals surface area contributed by atoms with E-state index in [0.717, 1.165) is 25.7 Å². The molecule has 2 atom stereocenters. The van der Waals surface area contributed by atoms with E-state index in [-0.39, 0.29) is 11.8 Å². The molecule has 0 spiro atoms. The zero-order chi connectivity index (χ0) is 15.1. The smallest absolute Gasteiger partial charge is 0.318 e. The molecule has 1 aromatic rings. The highest BCUT2D eigenvalue weighted by Gasteiger charge is 2.42. The van der Waals surface area contributed by atoms with Gasteiger partial charge in [-0.3, -0.25) is 0 Å². The first kappa shape index (κ1) is 13.8. The number of piperidine rings is 1. The molecule has 2 aliphatic heterocycles. The van der Waals surface area contributed by atoms with Crippen molar-refractivity contribution in [2.24, 2.45) is 0 Å². The Morgan fingerprint density at radius 3 is 2.23 bits per heavy atom. The van der Waals surface area contributed by atoms with Gasteiger partial charge in [0, 0.05) is 17.8 Å². The van der Waals surface area contributed by atoms with Gasteiger partial charge in [-0.1, -0.05) is 11.1 Å². The molecule has 4 heteroatoms. The number of carbonyl (C=O) groups excluding carboxylic acids is 1. The number of rotatable bonds is 1. The number of hydrogen-bond acceptors (Lipinski definition) is 1. The predicted molar refractivity (Wildman–Crippen MR) is 84.2 cm³/mol. The summed E-state index contributed by atoms with van der Waals surface area (Å²) in [5, 5.41) is 2.92. The standard InChI is InChI=1S/C18H21FN2O/c19-14-4-6-15(7-5-14)20-18(22)21-16-8-9-17(21)11-13(10-16)12-2-1-3-12/h4-7,16-17H,1-3,8-11H2,(H,20,22). The van der Waals surface area contributed by atoms with Gasteiger partial charge in [-0.15, -0.1) is 0 Å². The molecule has 1 saturated carbocycles. The number of halogens is 1. The SMILES string of the molecule is O=C(Nc1ccc(F)cc1)N1C2CCC1CC(=C1CCC1)C2. The normalized spacial score (nSPS) is 26.9. The van der Waals surface area contributed by atoms with Crippen LogP contribution in [0.2, 0.25) is 0 Å². The number of anilines is 1. The van der Waals surface area contributed by atoms with E-state index in [4.69, 9.17) is 0 Å². The van der Waals surface area contributed by atoms with E-state index in [9.17, 15) is 9.18 Å². The Morgan fingerprint density at radius 1 is 1.05 bits per heavy atom. The van der Waals surface area contributed by atoms with Crippen molar-refractivity contribution in [3.63, 3.8) is 0 Å². The van der Waals surface area contributed by atoms with E-state index in [1.165, 1.54) is 31.4 Å². The second-order valence-electron chi connectivity index (χ2n) is 6.70. The highest BCUT2D eigenvalue weighted by molar-refractivity contribution is 5.90. The fourth-order valence-corrected chi connectivity index (χ4v) is 4.06. The van der Waals surface area contributed by atoms with E-state index in [1.54, 1.807) is 23.3 Å². The second kappa shape index (κ2) is 5.41. The van der Waals surface area contributed by atoms with Gasteiger partial charge in [0.05, 0.1) is 0 Å². The Morgan fingerprint density at radius 2 is 1.68 bits per heavy atom. The summed E-state index contributed by atoms with van der Waals surface area (Å²) in [5.41, 5.74) is 3.95. The van der Waals surface area contributed by atoms with Crippen LogP contribution in [0.3, 0.4) is 0 Å². The van der Waals surface area contributed by atoms with Crippen molar-refractivity contribution in [3.05, 3.63) is 41.2 Å². The molecule has 1 N–H and O–H groups in total. The lowest BCUT2D eigenvalue weighted by Crippen LogP contribution is -2.47. The van der Waals surface area contributed by atoms with Gasteiger partial charge >= 0.3 is 6.03 Å². The lowest BCUT2D eigenvalue weighted by atomic mass is 9.82. The molecule has 22 heavy (non-hydrogen) atoms. The molecule has 2 amide bonds. The van der Waals surface area contributed by atoms with Crippen molar-refractivity contribution < 1.29 is 9.18 Å². The van der Waals surface area contributed by atoms with Crippen molar-refractivity contribution in [2.75, 3.05) is 5.32 Å². The van der Waals surface area contributed by atoms with Crippen molar-refractivity contribution >= 4 is 11.7 Å². The zero-order valence-corrected chi connectivity index (χ0v) is 12.6. The maximum Gasteiger partial charge on any atom is 0.322 e. The maximum atomic E-state index is 12.9. The highest BCUT2D eigenvalue weighted by atomic mass is 19.1. The summed E-state index contributed by atoms with van der Waals surface area (Å²) in [7, 11) is 0. The van der Waals surface area contributed by atoms with Gasteiger partial charge in [0.1, 0.15) is 5.82 Å². The fraction of sp³-hybridized carbons (Fsp3) is 0.500. The van der Waals surface area contributed by atoms with E-state index < -0.39 is 0 Å². The number of amides is 2. The van der Waals surface area contributed by atoms with E-state index in [0.29, 0.717) is 17.8 Å². The molecule has 116 valence electrons. The van der Waals surface area contributed by atoms with Gasteiger partial charge in [0.25, 0.3) is 0 Å². The van der Waals surface area contributed by atoms with Crippen LogP contribution >= 0.6 is 0 Å². The molecule has 1 aromatic carbocycles. The van der Waals surface area contributed by atoms with Crippen LogP contribution in [-0.4, -0.2) is 23.0 Å². The summed E-state index contributed by atoms with van der Waals surface area (Å²) in [4.78, 5) is 14.6. The van der Waals surface area contributed by atoms with Crippen molar-refractivity contribution in [1.82, 2.24) is 4.90 Å². The molecule has 2 bridgehead atoms. The van der Waals surface area contributed by atoms with Crippen molar-refractivity contribution in [1.29, 1.82) is 0 Å². The van der Waals surface area contributed by atoms with Gasteiger partial charge in [-0.25, -0.2) is 9.18 Å². The number of urea groups is 1. The molecule has 0 radical (unpaired) electrons. The van der Waals surface area contributed by atoms with Crippen LogP contribution in [0.15, 0.2) is 35.4 Å². The fourth-order valence-electron chi connectivity index (χ4n) is 4.06. The van der Waals surface area contributed by atoms with Crippen LogP contribution < -0.4 is 5.32 Å². The number of nitrogens with zero attached hydrogens (tertiary/aromatic N) is 1. The lowest BCUT2D eigenvalue weighted by molar-refractivity contribution is 0.173. The number of benzene rings is 1. The molecule has 2 unspecified atom stereocenters. The van der Waals surface area contributed by atoms with Gasteiger partial charge in [0.2, 0.25) is 0 Å². The number of nitrogens with one attached hydrogen (secondary N) is 1. The largest absolute Gasteiger partial charge is 0.322 e. The summed E-state index contributed by atoms with van der Waals surface area (Å²) in [6, 6.07) is 6.64. The minimum atomic E-state index is -0.284. The van der Waals surface area contributed by atoms with Crippen LogP contribution in [0, 0.1) is 5.82 Å². The summed E-state index contributed by atoms with van der Waals surface area (Å²) >= 11 is 0. The molecule has 2 heterocycles. The summed E-state index contributed by atoms with van der Waals surface area (Å²) < 4.78 is 12.9. The van der Waals surface area contributed by atoms with Crippen LogP contribution in [0.1, 0.15) is 44.9 Å². The van der Waals surface area contributed by atoms with E-state index in [2.05, 4.69) is 5.32 Å². The maximum absolute atomic E-state index is 12.9. The first-order valence-electron chi connectivity index (χ1n) is 8.25. The van der Waals surface area contributed by atoms with Crippen molar-refractivity contribution in [2.45, 2.75) is 57.0 Å². The minimum absolute atomic E-state index is 0.0308. The molecule has 3 nitrogen and oxygen atoms in total. The second-order valence-corrected chi connectivity index (χ2v) is 6.70. The monoisotopic (exact) mass is 300 g/mol. The van der Waals surface area contributed by atoms with Crippen LogP contribution in [0.4, 0.5) is 14.9 Å². The van der Waals surface area contributed by atoms with E-state index >= 15 is 0 Å². The van der Waals surface area contributed by atoms with E-state index in [1.807, 2.05) is 4.90 Å². The first-order chi connectivity index (χ1) is 10.7. The molecule has 3 fully saturated rings. The number of carbonyl (C=O) groups is 1. The molecule has 0 aromatic heterocycles. The van der Waals surface area contributed by atoms with Crippen LogP contribution in [-0.2, 0) is 0 Å². The quantitative estimate of drug-likeness (QED) is 0.763. The molecule has 1 aliphatic carbocycles. The van der Waals surface area contributed by atoms with Gasteiger partial charge < -0.3 is 10.2 Å². The van der Waals surface area contributed by atoms with Gasteiger partial charge in [-0.05, 0) is 69.2 Å². The number of hydrogen-bond donors (Lipinski definition) is 1. The lowest BCUT2D eigenvalue weighted by Gasteiger charge is -2.38. The minimum Gasteiger partial charge on any atom is -0.318 e. The van der Waals surface area contributed by atoms with Gasteiger partial charge in [0.15, 0.2) is 0 Å². The zero-order valence-electron chi connectivity index (χ0n) is 12.6. The van der Waals surface area contributed by atoms with Crippen LogP contribution in [0.5, 0.6) is 0 Å². The topological polar surface area (TPSA) is 32.3 Å². The Hall–Kier alpha value is -1.84. The third-order valence-corrected chi connectivity index (χ3v) is 5.37. The predicted octanol–water partition coefficient (Wildman–Crippen LogP) is 4.46. The third-order valence-electron chi connectivity index (χ3n) is 5.37. The number of fused-ring (bicyclic) bond motifs is 2. The third kappa shape index (κ3) is 2.40. The number of allylic oxidation sites excluding steroid dienone is 1. The highest BCUT2D eigenvalue weighted by Crippen LogP contribution is 2.43. The molecular weight excluding hydrogens is 279 g/mol. The van der Waals surface area contributed by atoms with Crippen molar-refractivity contribution in [3.8, 4) is 0 Å². The molecule has 4 rings (SSSR count). The molecule has 3 aliphatic rings. The Kier molecular flexibility index (Phi) is 3.40. The average Bonchev–Trinajstić information content (AvgIpc) is 2.71. The first-order valence-corrected chi connectivity index (χ1v) is 8.25. The molecular formula is C18H21FN2O. The Balaban J connectivity index is 1.47. The Labute approximate surface area is 130 Å². The average molecular weight is 300 g/mol. The molecule has 2 saturated heterocycles. The summed E-state index contributed by atoms with van der Waals surface area (Å²) in [6.07, 6.45) is 8.22.